The predicted molar refractivity (Wildman–Crippen MR) is 109 cm³/mol. The van der Waals surface area contributed by atoms with Crippen molar-refractivity contribution in [1.29, 1.82) is 0 Å². The van der Waals surface area contributed by atoms with E-state index in [-0.39, 0.29) is 5.91 Å². The molecule has 158 valence electrons. The molecule has 1 aliphatic heterocycles. The highest BCUT2D eigenvalue weighted by atomic mass is 16.5. The molecule has 0 bridgehead atoms. The highest BCUT2D eigenvalue weighted by Crippen LogP contribution is 2.12. The first-order valence-corrected chi connectivity index (χ1v) is 10.2. The maximum atomic E-state index is 12.0. The van der Waals surface area contributed by atoms with E-state index in [1.165, 1.54) is 6.26 Å². The van der Waals surface area contributed by atoms with Crippen LogP contribution >= 0.6 is 0 Å². The lowest BCUT2D eigenvalue weighted by Gasteiger charge is -2.12. The van der Waals surface area contributed by atoms with Crippen molar-refractivity contribution in [2.45, 2.75) is 33.1 Å². The maximum Gasteiger partial charge on any atom is 0.287 e. The normalized spacial score (nSPS) is 16.9. The van der Waals surface area contributed by atoms with Crippen molar-refractivity contribution < 1.29 is 18.7 Å². The number of aliphatic imine (C=N–C) groups is 1. The van der Waals surface area contributed by atoms with Crippen LogP contribution < -0.4 is 16.0 Å². The first kappa shape index (κ1) is 22.2. The molecule has 1 aromatic heterocycles. The molecular weight excluding hydrogens is 360 g/mol. The Kier molecular flexibility index (Phi) is 10.5. The Labute approximate surface area is 167 Å². The van der Waals surface area contributed by atoms with Crippen LogP contribution in [0.2, 0.25) is 0 Å². The van der Waals surface area contributed by atoms with Gasteiger partial charge in [-0.2, -0.15) is 0 Å². The topological polar surface area (TPSA) is 97.1 Å². The number of hydrogen-bond acceptors (Lipinski definition) is 5. The standard InChI is InChI=1S/C20H34N4O4/c1-3-21-20(24-10-5-11-26-14-17-7-12-27-15-17)23-9-4-8-22-19(25)18-16(2)6-13-28-18/h6,13,17H,3-5,7-12,14-15H2,1-2H3,(H,22,25)(H2,21,23,24). The van der Waals surface area contributed by atoms with E-state index in [0.29, 0.717) is 24.8 Å². The molecule has 0 radical (unpaired) electrons. The molecule has 1 unspecified atom stereocenters. The van der Waals surface area contributed by atoms with E-state index in [0.717, 1.165) is 70.3 Å². The summed E-state index contributed by atoms with van der Waals surface area (Å²) in [5.41, 5.74) is 0.842. The average Bonchev–Trinajstić information content (AvgIpc) is 3.35. The van der Waals surface area contributed by atoms with E-state index >= 15 is 0 Å². The molecule has 1 atom stereocenters. The van der Waals surface area contributed by atoms with Gasteiger partial charge in [-0.05, 0) is 39.2 Å². The van der Waals surface area contributed by atoms with Crippen LogP contribution in [0.3, 0.4) is 0 Å². The molecule has 2 heterocycles. The van der Waals surface area contributed by atoms with Gasteiger partial charge in [0.2, 0.25) is 0 Å². The third kappa shape index (κ3) is 8.31. The number of carbonyl (C=O) groups excluding carboxylic acids is 1. The number of amides is 1. The van der Waals surface area contributed by atoms with E-state index in [1.807, 2.05) is 13.8 Å². The Balaban J connectivity index is 1.54. The van der Waals surface area contributed by atoms with Crippen LogP contribution in [-0.2, 0) is 9.47 Å². The summed E-state index contributed by atoms with van der Waals surface area (Å²) in [7, 11) is 0. The molecule has 1 fully saturated rings. The molecular formula is C20H34N4O4. The van der Waals surface area contributed by atoms with E-state index < -0.39 is 0 Å². The highest BCUT2D eigenvalue weighted by Gasteiger charge is 2.15. The van der Waals surface area contributed by atoms with Crippen molar-refractivity contribution >= 4 is 11.9 Å². The Hall–Kier alpha value is -2.06. The predicted octanol–water partition coefficient (Wildman–Crippen LogP) is 1.71. The van der Waals surface area contributed by atoms with Gasteiger partial charge in [0.25, 0.3) is 5.91 Å². The van der Waals surface area contributed by atoms with Crippen LogP contribution in [0.25, 0.3) is 0 Å². The average molecular weight is 395 g/mol. The number of furan rings is 1. The first-order valence-electron chi connectivity index (χ1n) is 10.2. The minimum absolute atomic E-state index is 0.180. The van der Waals surface area contributed by atoms with Gasteiger partial charge in [-0.15, -0.1) is 0 Å². The number of rotatable bonds is 12. The van der Waals surface area contributed by atoms with Crippen molar-refractivity contribution in [3.63, 3.8) is 0 Å². The number of aryl methyl sites for hydroxylation is 1. The third-order valence-electron chi connectivity index (χ3n) is 4.44. The van der Waals surface area contributed by atoms with Gasteiger partial charge in [0, 0.05) is 50.9 Å². The summed E-state index contributed by atoms with van der Waals surface area (Å²) in [5, 5.41) is 9.39. The van der Waals surface area contributed by atoms with Crippen molar-refractivity contribution in [3.05, 3.63) is 23.7 Å². The fourth-order valence-electron chi connectivity index (χ4n) is 2.85. The monoisotopic (exact) mass is 394 g/mol. The minimum Gasteiger partial charge on any atom is -0.459 e. The van der Waals surface area contributed by atoms with Gasteiger partial charge in [-0.3, -0.25) is 9.79 Å². The lowest BCUT2D eigenvalue weighted by molar-refractivity contribution is 0.0888. The Morgan fingerprint density at radius 2 is 2.14 bits per heavy atom. The number of nitrogens with one attached hydrogen (secondary N) is 3. The summed E-state index contributed by atoms with van der Waals surface area (Å²) in [5.74, 6) is 1.55. The molecule has 8 heteroatoms. The van der Waals surface area contributed by atoms with Gasteiger partial charge < -0.3 is 29.8 Å². The number of hydrogen-bond donors (Lipinski definition) is 3. The molecule has 28 heavy (non-hydrogen) atoms. The Bertz CT molecular complexity index is 597. The second kappa shape index (κ2) is 13.2. The number of guanidine groups is 1. The summed E-state index contributed by atoms with van der Waals surface area (Å²) in [6.45, 7) is 9.91. The highest BCUT2D eigenvalue weighted by molar-refractivity contribution is 5.92. The molecule has 0 spiro atoms. The van der Waals surface area contributed by atoms with Crippen molar-refractivity contribution in [2.75, 3.05) is 52.6 Å². The van der Waals surface area contributed by atoms with Crippen LogP contribution in [0, 0.1) is 12.8 Å². The van der Waals surface area contributed by atoms with Crippen molar-refractivity contribution in [1.82, 2.24) is 16.0 Å². The zero-order chi connectivity index (χ0) is 20.0. The summed E-state index contributed by atoms with van der Waals surface area (Å²) in [6.07, 6.45) is 4.32. The van der Waals surface area contributed by atoms with Gasteiger partial charge in [0.15, 0.2) is 11.7 Å². The largest absolute Gasteiger partial charge is 0.459 e. The van der Waals surface area contributed by atoms with Crippen molar-refractivity contribution in [2.24, 2.45) is 10.9 Å². The smallest absolute Gasteiger partial charge is 0.287 e. The second-order valence-electron chi connectivity index (χ2n) is 6.89. The van der Waals surface area contributed by atoms with Crippen molar-refractivity contribution in [3.8, 4) is 0 Å². The number of carbonyl (C=O) groups is 1. The quantitative estimate of drug-likeness (QED) is 0.284. The Morgan fingerprint density at radius 1 is 1.29 bits per heavy atom. The summed E-state index contributed by atoms with van der Waals surface area (Å²) < 4.78 is 16.2. The van der Waals surface area contributed by atoms with E-state index in [2.05, 4.69) is 20.9 Å². The molecule has 3 N–H and O–H groups in total. The number of ether oxygens (including phenoxy) is 2. The van der Waals surface area contributed by atoms with Crippen LogP contribution in [0.4, 0.5) is 0 Å². The zero-order valence-electron chi connectivity index (χ0n) is 17.1. The van der Waals surface area contributed by atoms with Crippen LogP contribution in [0.1, 0.15) is 42.3 Å². The zero-order valence-corrected chi connectivity index (χ0v) is 17.1. The second-order valence-corrected chi connectivity index (χ2v) is 6.89. The van der Waals surface area contributed by atoms with Gasteiger partial charge >= 0.3 is 0 Å². The van der Waals surface area contributed by atoms with Gasteiger partial charge in [-0.1, -0.05) is 0 Å². The van der Waals surface area contributed by atoms with Crippen LogP contribution in [0.15, 0.2) is 21.7 Å². The van der Waals surface area contributed by atoms with Crippen LogP contribution in [-0.4, -0.2) is 64.5 Å². The maximum absolute atomic E-state index is 12.0. The minimum atomic E-state index is -0.180. The molecule has 1 saturated heterocycles. The van der Waals surface area contributed by atoms with Crippen LogP contribution in [0.5, 0.6) is 0 Å². The molecule has 8 nitrogen and oxygen atoms in total. The van der Waals surface area contributed by atoms with Gasteiger partial charge in [0.1, 0.15) is 0 Å². The molecule has 1 aromatic rings. The fourth-order valence-corrected chi connectivity index (χ4v) is 2.85. The van der Waals surface area contributed by atoms with E-state index in [4.69, 9.17) is 13.9 Å². The number of nitrogens with zero attached hydrogens (tertiary/aromatic N) is 1. The summed E-state index contributed by atoms with van der Waals surface area (Å²) in [4.78, 5) is 16.5. The third-order valence-corrected chi connectivity index (χ3v) is 4.44. The van der Waals surface area contributed by atoms with Gasteiger partial charge in [0.05, 0.1) is 19.5 Å². The van der Waals surface area contributed by atoms with E-state index in [1.54, 1.807) is 6.07 Å². The summed E-state index contributed by atoms with van der Waals surface area (Å²) >= 11 is 0. The molecule has 1 amide bonds. The lowest BCUT2D eigenvalue weighted by atomic mass is 10.1. The lowest BCUT2D eigenvalue weighted by Crippen LogP contribution is -2.38. The Morgan fingerprint density at radius 3 is 2.86 bits per heavy atom. The first-order chi connectivity index (χ1) is 13.7. The molecule has 1 aliphatic rings. The van der Waals surface area contributed by atoms with E-state index in [9.17, 15) is 4.79 Å². The molecule has 2 rings (SSSR count). The fraction of sp³-hybridized carbons (Fsp3) is 0.700. The van der Waals surface area contributed by atoms with Gasteiger partial charge in [-0.25, -0.2) is 0 Å². The summed E-state index contributed by atoms with van der Waals surface area (Å²) in [6, 6.07) is 1.78. The molecule has 0 aliphatic carbocycles. The molecule has 0 saturated carbocycles. The SMILES string of the molecule is CCNC(=NCCCNC(=O)c1occc1C)NCCCOCC1CCOC1. The molecule has 0 aromatic carbocycles.